The number of rotatable bonds is 4. The number of ether oxygens (including phenoxy) is 1. The summed E-state index contributed by atoms with van der Waals surface area (Å²) in [6, 6.07) is 7.56. The molecule has 1 aromatic carbocycles. The second-order valence-corrected chi connectivity index (χ2v) is 4.29. The van der Waals surface area contributed by atoms with Gasteiger partial charge in [-0.2, -0.15) is 0 Å². The van der Waals surface area contributed by atoms with E-state index in [1.165, 1.54) is 25.9 Å². The Morgan fingerprint density at radius 1 is 1.25 bits per heavy atom. The Hall–Kier alpha value is -0.440. The normalized spacial score (nSPS) is 15.8. The Kier molecular flexibility index (Phi) is 5.96. The molecule has 2 rings (SSSR count). The van der Waals surface area contributed by atoms with Crippen LogP contribution in [0.25, 0.3) is 0 Å². The molecule has 0 spiro atoms. The minimum absolute atomic E-state index is 0. The van der Waals surface area contributed by atoms with Gasteiger partial charge in [-0.15, -0.1) is 12.4 Å². The van der Waals surface area contributed by atoms with Crippen LogP contribution in [-0.4, -0.2) is 31.1 Å². The highest BCUT2D eigenvalue weighted by atomic mass is 35.5. The molecular formula is C12H17Cl2NO. The van der Waals surface area contributed by atoms with Crippen LogP contribution >= 0.6 is 24.0 Å². The van der Waals surface area contributed by atoms with Crippen LogP contribution in [0.1, 0.15) is 12.8 Å². The van der Waals surface area contributed by atoms with Crippen LogP contribution in [0.3, 0.4) is 0 Å². The van der Waals surface area contributed by atoms with Gasteiger partial charge in [-0.05, 0) is 44.1 Å². The third-order valence-electron chi connectivity index (χ3n) is 2.67. The van der Waals surface area contributed by atoms with Crippen LogP contribution in [0, 0.1) is 0 Å². The van der Waals surface area contributed by atoms with Crippen molar-refractivity contribution in [1.82, 2.24) is 4.90 Å². The van der Waals surface area contributed by atoms with E-state index in [0.29, 0.717) is 0 Å². The van der Waals surface area contributed by atoms with Crippen molar-refractivity contribution in [3.63, 3.8) is 0 Å². The van der Waals surface area contributed by atoms with Gasteiger partial charge in [-0.3, -0.25) is 4.90 Å². The lowest BCUT2D eigenvalue weighted by atomic mass is 10.3. The Bertz CT molecular complexity index is 314. The molecule has 1 aliphatic heterocycles. The van der Waals surface area contributed by atoms with Gasteiger partial charge in [0.05, 0.1) is 0 Å². The number of hydrogen-bond acceptors (Lipinski definition) is 2. The molecule has 0 N–H and O–H groups in total. The predicted molar refractivity (Wildman–Crippen MR) is 69.9 cm³/mol. The van der Waals surface area contributed by atoms with E-state index in [-0.39, 0.29) is 12.4 Å². The highest BCUT2D eigenvalue weighted by molar-refractivity contribution is 6.30. The Balaban J connectivity index is 0.00000128. The molecule has 1 fully saturated rings. The van der Waals surface area contributed by atoms with Crippen molar-refractivity contribution in [2.45, 2.75) is 12.8 Å². The summed E-state index contributed by atoms with van der Waals surface area (Å²) in [5.74, 6) is 0.863. The number of likely N-dealkylation sites (tertiary alicyclic amines) is 1. The van der Waals surface area contributed by atoms with E-state index >= 15 is 0 Å². The van der Waals surface area contributed by atoms with Crippen LogP contribution in [0.2, 0.25) is 5.02 Å². The number of hydrogen-bond donors (Lipinski definition) is 0. The molecule has 0 bridgehead atoms. The van der Waals surface area contributed by atoms with Crippen LogP contribution in [0.4, 0.5) is 0 Å². The third kappa shape index (κ3) is 4.20. The highest BCUT2D eigenvalue weighted by Crippen LogP contribution is 2.17. The van der Waals surface area contributed by atoms with E-state index in [1.807, 2.05) is 24.3 Å². The van der Waals surface area contributed by atoms with Gasteiger partial charge in [0.25, 0.3) is 0 Å². The van der Waals surface area contributed by atoms with Crippen molar-refractivity contribution in [2.24, 2.45) is 0 Å². The van der Waals surface area contributed by atoms with Gasteiger partial charge in [0.15, 0.2) is 0 Å². The number of halogens is 2. The molecule has 0 amide bonds. The molecule has 0 aliphatic carbocycles. The average molecular weight is 262 g/mol. The summed E-state index contributed by atoms with van der Waals surface area (Å²) in [5, 5.41) is 0.730. The third-order valence-corrected chi connectivity index (χ3v) is 2.91. The van der Waals surface area contributed by atoms with E-state index < -0.39 is 0 Å². The molecule has 0 radical (unpaired) electrons. The summed E-state index contributed by atoms with van der Waals surface area (Å²) >= 11 is 5.86. The smallest absolute Gasteiger partial charge is 0.120 e. The van der Waals surface area contributed by atoms with E-state index in [2.05, 4.69) is 4.90 Å². The fourth-order valence-corrected chi connectivity index (χ4v) is 2.04. The lowest BCUT2D eigenvalue weighted by molar-refractivity contribution is 0.238. The zero-order valence-corrected chi connectivity index (χ0v) is 10.8. The number of nitrogens with zero attached hydrogens (tertiary/aromatic N) is 1. The van der Waals surface area contributed by atoms with Gasteiger partial charge in [0.2, 0.25) is 0 Å². The molecule has 4 heteroatoms. The molecule has 0 saturated carbocycles. The second-order valence-electron chi connectivity index (χ2n) is 3.85. The van der Waals surface area contributed by atoms with Gasteiger partial charge in [0, 0.05) is 11.6 Å². The lowest BCUT2D eigenvalue weighted by Gasteiger charge is -2.14. The number of benzene rings is 1. The molecule has 1 aliphatic rings. The van der Waals surface area contributed by atoms with Crippen molar-refractivity contribution in [3.8, 4) is 5.75 Å². The minimum Gasteiger partial charge on any atom is -0.492 e. The fourth-order valence-electron chi connectivity index (χ4n) is 1.86. The van der Waals surface area contributed by atoms with Gasteiger partial charge in [-0.25, -0.2) is 0 Å². The van der Waals surface area contributed by atoms with E-state index in [1.54, 1.807) is 0 Å². The monoisotopic (exact) mass is 261 g/mol. The Labute approximate surface area is 108 Å². The zero-order valence-electron chi connectivity index (χ0n) is 9.19. The van der Waals surface area contributed by atoms with Crippen molar-refractivity contribution >= 4 is 24.0 Å². The first-order chi connectivity index (χ1) is 7.34. The molecule has 16 heavy (non-hydrogen) atoms. The van der Waals surface area contributed by atoms with Crippen LogP contribution in [0.5, 0.6) is 5.75 Å². The standard InChI is InChI=1S/C12H16ClNO.ClH/c13-11-4-3-5-12(10-11)15-9-8-14-6-1-2-7-14;/h3-5,10H,1-2,6-9H2;1H. The molecule has 1 heterocycles. The first kappa shape index (κ1) is 13.6. The predicted octanol–water partition coefficient (Wildman–Crippen LogP) is 3.24. The lowest BCUT2D eigenvalue weighted by Crippen LogP contribution is -2.25. The van der Waals surface area contributed by atoms with Gasteiger partial charge < -0.3 is 4.74 Å². The SMILES string of the molecule is Cl.Clc1cccc(OCCN2CCCC2)c1. The maximum atomic E-state index is 5.86. The van der Waals surface area contributed by atoms with Gasteiger partial charge in [0.1, 0.15) is 12.4 Å². The molecular weight excluding hydrogens is 245 g/mol. The second kappa shape index (κ2) is 7.00. The minimum atomic E-state index is 0. The summed E-state index contributed by atoms with van der Waals surface area (Å²) in [4.78, 5) is 2.44. The summed E-state index contributed by atoms with van der Waals surface area (Å²) in [6.07, 6.45) is 2.66. The van der Waals surface area contributed by atoms with Crippen LogP contribution in [0.15, 0.2) is 24.3 Å². The molecule has 0 aromatic heterocycles. The highest BCUT2D eigenvalue weighted by Gasteiger charge is 2.10. The molecule has 0 atom stereocenters. The van der Waals surface area contributed by atoms with Crippen molar-refractivity contribution in [2.75, 3.05) is 26.2 Å². The molecule has 0 unspecified atom stereocenters. The molecule has 2 nitrogen and oxygen atoms in total. The molecule has 1 saturated heterocycles. The zero-order chi connectivity index (χ0) is 10.5. The fraction of sp³-hybridized carbons (Fsp3) is 0.500. The Morgan fingerprint density at radius 3 is 2.69 bits per heavy atom. The van der Waals surface area contributed by atoms with E-state index in [4.69, 9.17) is 16.3 Å². The van der Waals surface area contributed by atoms with Crippen molar-refractivity contribution in [1.29, 1.82) is 0 Å². The summed E-state index contributed by atoms with van der Waals surface area (Å²) in [6.45, 7) is 4.21. The van der Waals surface area contributed by atoms with Crippen molar-refractivity contribution < 1.29 is 4.74 Å². The average Bonchev–Trinajstić information content (AvgIpc) is 2.71. The van der Waals surface area contributed by atoms with Crippen molar-refractivity contribution in [3.05, 3.63) is 29.3 Å². The largest absolute Gasteiger partial charge is 0.492 e. The van der Waals surface area contributed by atoms with Crippen LogP contribution < -0.4 is 4.74 Å². The first-order valence-electron chi connectivity index (χ1n) is 5.45. The maximum Gasteiger partial charge on any atom is 0.120 e. The first-order valence-corrected chi connectivity index (χ1v) is 5.83. The summed E-state index contributed by atoms with van der Waals surface area (Å²) in [5.41, 5.74) is 0. The summed E-state index contributed by atoms with van der Waals surface area (Å²) in [7, 11) is 0. The molecule has 1 aromatic rings. The maximum absolute atomic E-state index is 5.86. The van der Waals surface area contributed by atoms with Crippen LogP contribution in [-0.2, 0) is 0 Å². The summed E-state index contributed by atoms with van der Waals surface area (Å²) < 4.78 is 5.62. The van der Waals surface area contributed by atoms with E-state index in [0.717, 1.165) is 23.9 Å². The Morgan fingerprint density at radius 2 is 2.00 bits per heavy atom. The molecule has 90 valence electrons. The van der Waals surface area contributed by atoms with E-state index in [9.17, 15) is 0 Å². The topological polar surface area (TPSA) is 12.5 Å². The van der Waals surface area contributed by atoms with Gasteiger partial charge >= 0.3 is 0 Å². The quantitative estimate of drug-likeness (QED) is 0.826. The van der Waals surface area contributed by atoms with Gasteiger partial charge in [-0.1, -0.05) is 17.7 Å².